The fourth-order valence-corrected chi connectivity index (χ4v) is 1.72. The van der Waals surface area contributed by atoms with Gasteiger partial charge >= 0.3 is 5.97 Å². The van der Waals surface area contributed by atoms with Crippen LogP contribution >= 0.6 is 11.5 Å². The van der Waals surface area contributed by atoms with E-state index >= 15 is 0 Å². The van der Waals surface area contributed by atoms with Crippen LogP contribution in [0.3, 0.4) is 0 Å². The van der Waals surface area contributed by atoms with Crippen molar-refractivity contribution in [3.05, 3.63) is 36.2 Å². The molecule has 0 aliphatic heterocycles. The number of nitrogens with zero attached hydrogens (tertiary/aromatic N) is 2. The number of aromatic nitrogens is 2. The van der Waals surface area contributed by atoms with Crippen LogP contribution < -0.4 is 0 Å². The molecule has 0 saturated heterocycles. The van der Waals surface area contributed by atoms with E-state index in [2.05, 4.69) is 9.36 Å². The molecule has 0 aliphatic rings. The molecule has 2 aromatic heterocycles. The third kappa shape index (κ3) is 1.49. The highest BCUT2D eigenvalue weighted by molar-refractivity contribution is 7.09. The van der Waals surface area contributed by atoms with E-state index in [1.165, 1.54) is 17.6 Å². The Kier molecular flexibility index (Phi) is 2.24. The van der Waals surface area contributed by atoms with Crippen molar-refractivity contribution in [2.75, 3.05) is 0 Å². The first-order chi connectivity index (χ1) is 6.79. The molecule has 2 rings (SSSR count). The molecule has 0 saturated carbocycles. The van der Waals surface area contributed by atoms with Gasteiger partial charge in [0, 0.05) is 12.4 Å². The number of hydrogen-bond acceptors (Lipinski definition) is 4. The van der Waals surface area contributed by atoms with E-state index in [1.54, 1.807) is 24.5 Å². The van der Waals surface area contributed by atoms with Gasteiger partial charge in [0.05, 0.1) is 16.1 Å². The zero-order valence-corrected chi connectivity index (χ0v) is 7.86. The zero-order chi connectivity index (χ0) is 9.97. The van der Waals surface area contributed by atoms with Crippen LogP contribution in [0.1, 0.15) is 10.4 Å². The van der Waals surface area contributed by atoms with Gasteiger partial charge in [-0.2, -0.15) is 0 Å². The average Bonchev–Trinajstić information content (AvgIpc) is 2.70. The molecule has 0 aromatic carbocycles. The highest BCUT2D eigenvalue weighted by Crippen LogP contribution is 2.23. The van der Waals surface area contributed by atoms with Crippen molar-refractivity contribution in [1.82, 2.24) is 9.36 Å². The summed E-state index contributed by atoms with van der Waals surface area (Å²) in [7, 11) is 0. The molecule has 14 heavy (non-hydrogen) atoms. The monoisotopic (exact) mass is 206 g/mol. The van der Waals surface area contributed by atoms with Crippen molar-refractivity contribution in [3.63, 3.8) is 0 Å². The summed E-state index contributed by atoms with van der Waals surface area (Å²) >= 11 is 1.23. The van der Waals surface area contributed by atoms with Crippen LogP contribution in [0.4, 0.5) is 0 Å². The van der Waals surface area contributed by atoms with Gasteiger partial charge in [0.2, 0.25) is 0 Å². The van der Waals surface area contributed by atoms with E-state index in [4.69, 9.17) is 5.11 Å². The van der Waals surface area contributed by atoms with Gasteiger partial charge in [0.25, 0.3) is 0 Å². The van der Waals surface area contributed by atoms with Crippen molar-refractivity contribution in [1.29, 1.82) is 0 Å². The molecule has 0 fully saturated rings. The second kappa shape index (κ2) is 3.55. The number of pyridine rings is 1. The second-order valence-corrected chi connectivity index (χ2v) is 3.41. The van der Waals surface area contributed by atoms with Crippen LogP contribution in [-0.2, 0) is 0 Å². The van der Waals surface area contributed by atoms with Gasteiger partial charge in [-0.15, -0.1) is 0 Å². The van der Waals surface area contributed by atoms with E-state index in [1.807, 2.05) is 0 Å². The zero-order valence-electron chi connectivity index (χ0n) is 7.04. The quantitative estimate of drug-likeness (QED) is 0.815. The Hall–Kier alpha value is -1.75. The molecule has 0 bridgehead atoms. The summed E-state index contributed by atoms with van der Waals surface area (Å²) in [5, 5.41) is 8.91. The van der Waals surface area contributed by atoms with Crippen LogP contribution in [0.2, 0.25) is 0 Å². The van der Waals surface area contributed by atoms with Crippen LogP contribution in [0.15, 0.2) is 30.6 Å². The molecule has 5 heteroatoms. The maximum atomic E-state index is 10.9. The van der Waals surface area contributed by atoms with Crippen molar-refractivity contribution in [2.45, 2.75) is 0 Å². The largest absolute Gasteiger partial charge is 0.478 e. The number of rotatable bonds is 2. The molecule has 1 N–H and O–H groups in total. The Morgan fingerprint density at radius 1 is 1.36 bits per heavy atom. The molecule has 0 atom stereocenters. The Bertz CT molecular complexity index is 454. The molecule has 0 radical (unpaired) electrons. The third-order valence-corrected chi connectivity index (χ3v) is 2.46. The van der Waals surface area contributed by atoms with Crippen LogP contribution in [0.25, 0.3) is 10.6 Å². The summed E-state index contributed by atoms with van der Waals surface area (Å²) in [6.07, 6.45) is 3.20. The van der Waals surface area contributed by atoms with E-state index in [0.717, 1.165) is 4.88 Å². The minimum absolute atomic E-state index is 0.205. The fourth-order valence-electron chi connectivity index (χ4n) is 1.11. The van der Waals surface area contributed by atoms with Crippen LogP contribution in [0, 0.1) is 0 Å². The SMILES string of the molecule is O=C(O)c1cccnc1-c1ccns1. The van der Waals surface area contributed by atoms with Crippen molar-refractivity contribution in [2.24, 2.45) is 0 Å². The normalized spacial score (nSPS) is 10.0. The van der Waals surface area contributed by atoms with E-state index in [-0.39, 0.29) is 5.56 Å². The van der Waals surface area contributed by atoms with E-state index < -0.39 is 5.97 Å². The summed E-state index contributed by atoms with van der Waals surface area (Å²) in [5.74, 6) is -0.971. The highest BCUT2D eigenvalue weighted by Gasteiger charge is 2.12. The lowest BCUT2D eigenvalue weighted by atomic mass is 10.2. The van der Waals surface area contributed by atoms with Gasteiger partial charge in [0.15, 0.2) is 0 Å². The number of carboxylic acids is 1. The first kappa shape index (κ1) is 8.83. The predicted octanol–water partition coefficient (Wildman–Crippen LogP) is 1.90. The lowest BCUT2D eigenvalue weighted by Crippen LogP contribution is -1.99. The van der Waals surface area contributed by atoms with Gasteiger partial charge in [-0.05, 0) is 29.7 Å². The summed E-state index contributed by atoms with van der Waals surface area (Å²) in [5.41, 5.74) is 0.680. The van der Waals surface area contributed by atoms with Gasteiger partial charge in [-0.1, -0.05) is 0 Å². The first-order valence-electron chi connectivity index (χ1n) is 3.88. The Balaban J connectivity index is 2.58. The maximum absolute atomic E-state index is 10.9. The first-order valence-corrected chi connectivity index (χ1v) is 4.66. The average molecular weight is 206 g/mol. The Labute approximate surface area is 84.0 Å². The van der Waals surface area contributed by atoms with E-state index in [0.29, 0.717) is 5.69 Å². The summed E-state index contributed by atoms with van der Waals surface area (Å²) in [6, 6.07) is 4.89. The molecule has 0 spiro atoms. The molecule has 2 heterocycles. The topological polar surface area (TPSA) is 63.1 Å². The lowest BCUT2D eigenvalue weighted by molar-refractivity contribution is 0.0697. The molecule has 0 amide bonds. The number of carbonyl (C=O) groups is 1. The number of aromatic carboxylic acids is 1. The number of hydrogen-bond donors (Lipinski definition) is 1. The maximum Gasteiger partial charge on any atom is 0.337 e. The molecule has 2 aromatic rings. The smallest absolute Gasteiger partial charge is 0.337 e. The molecule has 4 nitrogen and oxygen atoms in total. The van der Waals surface area contributed by atoms with Gasteiger partial charge < -0.3 is 5.11 Å². The molecular weight excluding hydrogens is 200 g/mol. The third-order valence-electron chi connectivity index (χ3n) is 1.71. The fraction of sp³-hybridized carbons (Fsp3) is 0. The van der Waals surface area contributed by atoms with Crippen molar-refractivity contribution < 1.29 is 9.90 Å². The summed E-state index contributed by atoms with van der Waals surface area (Å²) in [4.78, 5) is 15.7. The van der Waals surface area contributed by atoms with E-state index in [9.17, 15) is 4.79 Å². The Morgan fingerprint density at radius 2 is 2.21 bits per heavy atom. The lowest BCUT2D eigenvalue weighted by Gasteiger charge is -1.99. The highest BCUT2D eigenvalue weighted by atomic mass is 32.1. The van der Waals surface area contributed by atoms with Crippen LogP contribution in [-0.4, -0.2) is 20.4 Å². The summed E-state index contributed by atoms with van der Waals surface area (Å²) < 4.78 is 3.91. The van der Waals surface area contributed by atoms with Gasteiger partial charge in [-0.25, -0.2) is 9.17 Å². The van der Waals surface area contributed by atoms with Gasteiger partial charge in [0.1, 0.15) is 0 Å². The number of carboxylic acid groups (broad SMARTS) is 1. The Morgan fingerprint density at radius 3 is 2.86 bits per heavy atom. The van der Waals surface area contributed by atoms with Crippen LogP contribution in [0.5, 0.6) is 0 Å². The minimum Gasteiger partial charge on any atom is -0.478 e. The summed E-state index contributed by atoms with van der Waals surface area (Å²) in [6.45, 7) is 0. The standard InChI is InChI=1S/C9H6N2O2S/c12-9(13)6-2-1-4-10-8(6)7-3-5-11-14-7/h1-5H,(H,12,13). The molecule has 70 valence electrons. The second-order valence-electron chi connectivity index (χ2n) is 2.58. The van der Waals surface area contributed by atoms with Gasteiger partial charge in [-0.3, -0.25) is 4.98 Å². The molecule has 0 unspecified atom stereocenters. The minimum atomic E-state index is -0.971. The molecule has 0 aliphatic carbocycles. The molecular formula is C9H6N2O2S. The van der Waals surface area contributed by atoms with Crippen molar-refractivity contribution in [3.8, 4) is 10.6 Å². The predicted molar refractivity (Wildman–Crippen MR) is 52.3 cm³/mol. The van der Waals surface area contributed by atoms with Crippen molar-refractivity contribution >= 4 is 17.5 Å².